The van der Waals surface area contributed by atoms with E-state index in [1.165, 1.54) is 13.0 Å². The van der Waals surface area contributed by atoms with Gasteiger partial charge in [-0.25, -0.2) is 13.2 Å². The minimum atomic E-state index is -4.02. The SMILES string of the molecule is CC(C)CCC(NC(=O)NC(C)(C)C)[C@H](O)[C@H](Cc1ccccc1)NC(=O)[C@H](C)NS(=O)(=O)c1ccc2ccccc2c1. The Balaban J connectivity index is 1.81. The largest absolute Gasteiger partial charge is 0.389 e. The molecule has 0 spiro atoms. The third-order valence-electron chi connectivity index (χ3n) is 7.07. The Kier molecular flexibility index (Phi) is 11.7. The van der Waals surface area contributed by atoms with E-state index in [9.17, 15) is 23.1 Å². The van der Waals surface area contributed by atoms with Crippen molar-refractivity contribution < 1.29 is 23.1 Å². The topological polar surface area (TPSA) is 137 Å². The van der Waals surface area contributed by atoms with Crippen LogP contribution in [0.3, 0.4) is 0 Å². The maximum absolute atomic E-state index is 13.4. The van der Waals surface area contributed by atoms with Crippen LogP contribution in [0.25, 0.3) is 10.8 Å². The van der Waals surface area contributed by atoms with Crippen LogP contribution in [0.4, 0.5) is 4.79 Å². The first-order valence-electron chi connectivity index (χ1n) is 14.8. The number of sulfonamides is 1. The van der Waals surface area contributed by atoms with Crippen LogP contribution < -0.4 is 20.7 Å². The standard InChI is InChI=1S/C33H46N4O5S/c1-22(2)16-19-28(35-32(40)36-33(4,5)6)30(38)29(20-24-12-8-7-9-13-24)34-31(39)23(3)37-43(41,42)27-18-17-25-14-10-11-15-26(25)21-27/h7-15,17-18,21-23,28-30,37-38H,16,19-20H2,1-6H3,(H,34,39)(H2,35,36,40)/t23-,28?,29-,30-/m0/s1. The molecule has 0 aromatic heterocycles. The highest BCUT2D eigenvalue weighted by Gasteiger charge is 2.33. The molecule has 0 aliphatic carbocycles. The van der Waals surface area contributed by atoms with Gasteiger partial charge in [-0.1, -0.05) is 74.5 Å². The number of hydrogen-bond acceptors (Lipinski definition) is 5. The molecule has 3 aromatic rings. The van der Waals surface area contributed by atoms with E-state index in [2.05, 4.69) is 34.5 Å². The zero-order chi connectivity index (χ0) is 31.8. The summed E-state index contributed by atoms with van der Waals surface area (Å²) in [6.07, 6.45) is 0.351. The smallest absolute Gasteiger partial charge is 0.315 e. The Bertz CT molecular complexity index is 1470. The fraction of sp³-hybridized carbons (Fsp3) is 0.455. The molecular formula is C33H46N4O5S. The maximum Gasteiger partial charge on any atom is 0.315 e. The second-order valence-electron chi connectivity index (χ2n) is 12.6. The Hall–Kier alpha value is -3.47. The van der Waals surface area contributed by atoms with Gasteiger partial charge in [0.25, 0.3) is 0 Å². The van der Waals surface area contributed by atoms with E-state index >= 15 is 0 Å². The molecule has 0 saturated carbocycles. The Morgan fingerprint density at radius 1 is 0.814 bits per heavy atom. The summed E-state index contributed by atoms with van der Waals surface area (Å²) in [5, 5.41) is 22.0. The maximum atomic E-state index is 13.4. The average Bonchev–Trinajstić information content (AvgIpc) is 2.93. The van der Waals surface area contributed by atoms with Gasteiger partial charge in [-0.3, -0.25) is 4.79 Å². The monoisotopic (exact) mass is 610 g/mol. The van der Waals surface area contributed by atoms with E-state index in [-0.39, 0.29) is 11.3 Å². The van der Waals surface area contributed by atoms with Gasteiger partial charge in [0.1, 0.15) is 0 Å². The molecule has 0 fully saturated rings. The summed E-state index contributed by atoms with van der Waals surface area (Å²) >= 11 is 0. The number of nitrogens with one attached hydrogen (secondary N) is 4. The molecule has 0 saturated heterocycles. The van der Waals surface area contributed by atoms with Crippen molar-refractivity contribution in [3.05, 3.63) is 78.4 Å². The van der Waals surface area contributed by atoms with Crippen LogP contribution in [0.15, 0.2) is 77.7 Å². The van der Waals surface area contributed by atoms with Crippen molar-refractivity contribution in [1.29, 1.82) is 0 Å². The molecule has 5 N–H and O–H groups in total. The average molecular weight is 611 g/mol. The van der Waals surface area contributed by atoms with Gasteiger partial charge in [0, 0.05) is 5.54 Å². The highest BCUT2D eigenvalue weighted by atomic mass is 32.2. The lowest BCUT2D eigenvalue weighted by molar-refractivity contribution is -0.124. The van der Waals surface area contributed by atoms with Gasteiger partial charge in [-0.05, 0) is 81.3 Å². The highest BCUT2D eigenvalue weighted by molar-refractivity contribution is 7.89. The Morgan fingerprint density at radius 3 is 2.07 bits per heavy atom. The molecule has 0 bridgehead atoms. The molecular weight excluding hydrogens is 564 g/mol. The van der Waals surface area contributed by atoms with Crippen LogP contribution in [0, 0.1) is 5.92 Å². The first kappa shape index (κ1) is 34.0. The van der Waals surface area contributed by atoms with Crippen molar-refractivity contribution >= 4 is 32.7 Å². The second kappa shape index (κ2) is 14.8. The molecule has 3 rings (SSSR count). The molecule has 0 aliphatic heterocycles. The normalized spacial score (nSPS) is 15.0. The molecule has 43 heavy (non-hydrogen) atoms. The zero-order valence-electron chi connectivity index (χ0n) is 25.9. The van der Waals surface area contributed by atoms with Crippen LogP contribution in [0.5, 0.6) is 0 Å². The number of carbonyl (C=O) groups is 2. The van der Waals surface area contributed by atoms with Crippen LogP contribution in [-0.2, 0) is 21.2 Å². The summed E-state index contributed by atoms with van der Waals surface area (Å²) < 4.78 is 28.9. The quantitative estimate of drug-likeness (QED) is 0.194. The van der Waals surface area contributed by atoms with Crippen molar-refractivity contribution in [2.45, 2.75) is 95.5 Å². The van der Waals surface area contributed by atoms with Gasteiger partial charge in [0.05, 0.1) is 29.1 Å². The number of fused-ring (bicyclic) bond motifs is 1. The minimum Gasteiger partial charge on any atom is -0.389 e. The zero-order valence-corrected chi connectivity index (χ0v) is 26.7. The molecule has 1 unspecified atom stereocenters. The minimum absolute atomic E-state index is 0.0505. The van der Waals surface area contributed by atoms with Crippen molar-refractivity contribution in [2.24, 2.45) is 5.92 Å². The van der Waals surface area contributed by atoms with E-state index in [4.69, 9.17) is 0 Å². The molecule has 3 aromatic carbocycles. The first-order valence-corrected chi connectivity index (χ1v) is 16.2. The van der Waals surface area contributed by atoms with Crippen molar-refractivity contribution in [3.63, 3.8) is 0 Å². The van der Waals surface area contributed by atoms with E-state index in [0.29, 0.717) is 12.3 Å². The summed E-state index contributed by atoms with van der Waals surface area (Å²) in [4.78, 5) is 26.3. The highest BCUT2D eigenvalue weighted by Crippen LogP contribution is 2.20. The van der Waals surface area contributed by atoms with Crippen molar-refractivity contribution in [1.82, 2.24) is 20.7 Å². The van der Waals surface area contributed by atoms with Crippen molar-refractivity contribution in [3.8, 4) is 0 Å². The number of carbonyl (C=O) groups excluding carboxylic acids is 2. The first-order chi connectivity index (χ1) is 20.1. The Labute approximate surface area is 255 Å². The van der Waals surface area contributed by atoms with E-state index < -0.39 is 51.7 Å². The summed E-state index contributed by atoms with van der Waals surface area (Å²) in [5.41, 5.74) is 0.394. The molecule has 0 radical (unpaired) electrons. The lowest BCUT2D eigenvalue weighted by atomic mass is 9.91. The van der Waals surface area contributed by atoms with Gasteiger partial charge < -0.3 is 21.1 Å². The molecule has 10 heteroatoms. The number of hydrogen-bond donors (Lipinski definition) is 5. The van der Waals surface area contributed by atoms with Gasteiger partial charge in [0.2, 0.25) is 15.9 Å². The summed E-state index contributed by atoms with van der Waals surface area (Å²) in [7, 11) is -4.02. The Morgan fingerprint density at radius 2 is 1.44 bits per heavy atom. The molecule has 4 atom stereocenters. The van der Waals surface area contributed by atoms with E-state index in [1.807, 2.05) is 75.4 Å². The lowest BCUT2D eigenvalue weighted by Crippen LogP contribution is -2.59. The van der Waals surface area contributed by atoms with Crippen LogP contribution in [-0.4, -0.2) is 55.2 Å². The third kappa shape index (κ3) is 10.6. The third-order valence-corrected chi connectivity index (χ3v) is 8.61. The lowest BCUT2D eigenvalue weighted by Gasteiger charge is -2.33. The van der Waals surface area contributed by atoms with Crippen LogP contribution >= 0.6 is 0 Å². The van der Waals surface area contributed by atoms with Crippen molar-refractivity contribution in [2.75, 3.05) is 0 Å². The second-order valence-corrected chi connectivity index (χ2v) is 14.3. The van der Waals surface area contributed by atoms with Gasteiger partial charge in [-0.15, -0.1) is 0 Å². The van der Waals surface area contributed by atoms with Crippen LogP contribution in [0.2, 0.25) is 0 Å². The molecule has 0 heterocycles. The van der Waals surface area contributed by atoms with Gasteiger partial charge >= 0.3 is 6.03 Å². The number of rotatable bonds is 13. The number of urea groups is 1. The molecule has 0 aliphatic rings. The van der Waals surface area contributed by atoms with Crippen LogP contribution in [0.1, 0.15) is 59.9 Å². The number of benzene rings is 3. The van der Waals surface area contributed by atoms with E-state index in [1.54, 1.807) is 12.1 Å². The fourth-order valence-electron chi connectivity index (χ4n) is 4.79. The van der Waals surface area contributed by atoms with E-state index in [0.717, 1.165) is 22.8 Å². The number of aliphatic hydroxyl groups excluding tert-OH is 1. The molecule has 3 amide bonds. The summed E-state index contributed by atoms with van der Waals surface area (Å²) in [5.74, 6) is -0.264. The molecule has 9 nitrogen and oxygen atoms in total. The number of amides is 3. The van der Waals surface area contributed by atoms with Gasteiger partial charge in [0.15, 0.2) is 0 Å². The summed E-state index contributed by atoms with van der Waals surface area (Å²) in [6, 6.07) is 18.6. The predicted molar refractivity (Wildman–Crippen MR) is 171 cm³/mol. The number of aliphatic hydroxyl groups is 1. The summed E-state index contributed by atoms with van der Waals surface area (Å²) in [6.45, 7) is 11.2. The molecule has 234 valence electrons. The van der Waals surface area contributed by atoms with Gasteiger partial charge in [-0.2, -0.15) is 4.72 Å². The fourth-order valence-corrected chi connectivity index (χ4v) is 6.03. The predicted octanol–water partition coefficient (Wildman–Crippen LogP) is 4.50.